The van der Waals surface area contributed by atoms with Gasteiger partial charge < -0.3 is 30.6 Å². The second-order valence-electron chi connectivity index (χ2n) is 7.28. The van der Waals surface area contributed by atoms with Gasteiger partial charge in [0.2, 0.25) is 11.9 Å². The minimum atomic E-state index is 0.467. The normalized spacial score (nSPS) is 10.8. The first-order valence-electron chi connectivity index (χ1n) is 11.2. The van der Waals surface area contributed by atoms with E-state index in [2.05, 4.69) is 25.6 Å². The summed E-state index contributed by atoms with van der Waals surface area (Å²) in [5.41, 5.74) is 7.42. The van der Waals surface area contributed by atoms with Crippen LogP contribution in [0.5, 0.6) is 5.75 Å². The molecule has 0 radical (unpaired) electrons. The Balaban J connectivity index is 1.59. The maximum absolute atomic E-state index is 6.03. The van der Waals surface area contributed by atoms with Gasteiger partial charge in [-0.3, -0.25) is 0 Å². The summed E-state index contributed by atoms with van der Waals surface area (Å²) in [5, 5.41) is 7.15. The minimum Gasteiger partial charge on any atom is -0.497 e. The number of methoxy groups -OCH3 is 1. The van der Waals surface area contributed by atoms with Crippen molar-refractivity contribution in [3.05, 3.63) is 59.1 Å². The molecule has 4 N–H and O–H groups in total. The van der Waals surface area contributed by atoms with E-state index in [4.69, 9.17) is 31.5 Å². The lowest BCUT2D eigenvalue weighted by molar-refractivity contribution is 0.0547. The first kappa shape index (κ1) is 25.6. The number of rotatable bonds is 15. The second kappa shape index (κ2) is 14.3. The molecule has 0 aliphatic heterocycles. The summed E-state index contributed by atoms with van der Waals surface area (Å²) in [6.07, 6.45) is 0.814. The van der Waals surface area contributed by atoms with E-state index >= 15 is 0 Å². The highest BCUT2D eigenvalue weighted by atomic mass is 35.5. The number of aromatic nitrogens is 3. The lowest BCUT2D eigenvalue weighted by atomic mass is 10.1. The molecule has 3 aromatic rings. The van der Waals surface area contributed by atoms with Crippen molar-refractivity contribution in [2.45, 2.75) is 6.42 Å². The van der Waals surface area contributed by atoms with E-state index in [-0.39, 0.29) is 0 Å². The van der Waals surface area contributed by atoms with Crippen LogP contribution in [0.25, 0.3) is 11.4 Å². The SMILES string of the molecule is COc1ccc(CCNc2nc(NCCOCCOCCN)nc(-c3ccc(Cl)cc3)n2)cc1. The highest BCUT2D eigenvalue weighted by molar-refractivity contribution is 6.30. The van der Waals surface area contributed by atoms with Crippen LogP contribution >= 0.6 is 11.6 Å². The summed E-state index contributed by atoms with van der Waals surface area (Å²) in [6.45, 7) is 3.78. The maximum Gasteiger partial charge on any atom is 0.228 e. The van der Waals surface area contributed by atoms with Gasteiger partial charge in [0.05, 0.1) is 33.5 Å². The van der Waals surface area contributed by atoms with Crippen molar-refractivity contribution < 1.29 is 14.2 Å². The van der Waals surface area contributed by atoms with Crippen LogP contribution < -0.4 is 21.1 Å². The number of halogens is 1. The predicted molar refractivity (Wildman–Crippen MR) is 135 cm³/mol. The molecule has 0 atom stereocenters. The molecule has 0 saturated heterocycles. The van der Waals surface area contributed by atoms with Gasteiger partial charge in [-0.1, -0.05) is 23.7 Å². The van der Waals surface area contributed by atoms with Gasteiger partial charge in [0, 0.05) is 30.2 Å². The van der Waals surface area contributed by atoms with Gasteiger partial charge in [0.25, 0.3) is 0 Å². The highest BCUT2D eigenvalue weighted by Crippen LogP contribution is 2.20. The van der Waals surface area contributed by atoms with Crippen LogP contribution in [0.15, 0.2) is 48.5 Å². The standard InChI is InChI=1S/C24H31ClN6O3/c1-32-21-8-2-18(3-9-21)10-12-27-23-29-22(19-4-6-20(25)7-5-19)30-24(31-23)28-13-15-34-17-16-33-14-11-26/h2-9H,10-17,26H2,1H3,(H2,27,28,29,30,31). The van der Waals surface area contributed by atoms with Crippen LogP contribution in [0.2, 0.25) is 5.02 Å². The molecule has 9 nitrogen and oxygen atoms in total. The van der Waals surface area contributed by atoms with Crippen molar-refractivity contribution in [2.75, 3.05) is 63.8 Å². The molecule has 34 heavy (non-hydrogen) atoms. The third kappa shape index (κ3) is 8.75. The summed E-state index contributed by atoms with van der Waals surface area (Å²) < 4.78 is 16.1. The van der Waals surface area contributed by atoms with Crippen molar-refractivity contribution in [3.63, 3.8) is 0 Å². The number of benzene rings is 2. The number of hydrogen-bond donors (Lipinski definition) is 3. The molecule has 1 aromatic heterocycles. The van der Waals surface area contributed by atoms with Crippen molar-refractivity contribution in [1.82, 2.24) is 15.0 Å². The lowest BCUT2D eigenvalue weighted by Gasteiger charge is -2.11. The first-order valence-corrected chi connectivity index (χ1v) is 11.5. The summed E-state index contributed by atoms with van der Waals surface area (Å²) in [6, 6.07) is 15.4. The minimum absolute atomic E-state index is 0.467. The van der Waals surface area contributed by atoms with Crippen molar-refractivity contribution >= 4 is 23.5 Å². The number of hydrogen-bond acceptors (Lipinski definition) is 9. The topological polar surface area (TPSA) is 116 Å². The van der Waals surface area contributed by atoms with Crippen LogP contribution in [0.4, 0.5) is 11.9 Å². The maximum atomic E-state index is 6.03. The van der Waals surface area contributed by atoms with Gasteiger partial charge in [-0.2, -0.15) is 15.0 Å². The smallest absolute Gasteiger partial charge is 0.228 e. The zero-order valence-corrected chi connectivity index (χ0v) is 20.1. The van der Waals surface area contributed by atoms with E-state index in [1.807, 2.05) is 48.5 Å². The Bertz CT molecular complexity index is 989. The molecule has 0 saturated carbocycles. The van der Waals surface area contributed by atoms with E-state index < -0.39 is 0 Å². The Morgan fingerprint density at radius 2 is 1.44 bits per heavy atom. The fraction of sp³-hybridized carbons (Fsp3) is 0.375. The number of ether oxygens (including phenoxy) is 3. The molecule has 0 bridgehead atoms. The zero-order valence-electron chi connectivity index (χ0n) is 19.3. The molecule has 0 unspecified atom stereocenters. The molecule has 0 aliphatic carbocycles. The van der Waals surface area contributed by atoms with Gasteiger partial charge in [0.15, 0.2) is 5.82 Å². The number of nitrogens with two attached hydrogens (primary N) is 1. The Hall–Kier alpha value is -2.98. The molecule has 0 fully saturated rings. The van der Waals surface area contributed by atoms with Gasteiger partial charge >= 0.3 is 0 Å². The fourth-order valence-electron chi connectivity index (χ4n) is 3.01. The zero-order chi connectivity index (χ0) is 24.0. The lowest BCUT2D eigenvalue weighted by Crippen LogP contribution is -2.17. The molecule has 0 amide bonds. The Kier molecular flexibility index (Phi) is 10.8. The Morgan fingerprint density at radius 3 is 2.09 bits per heavy atom. The summed E-state index contributed by atoms with van der Waals surface area (Å²) in [4.78, 5) is 13.6. The quantitative estimate of drug-likeness (QED) is 0.278. The Morgan fingerprint density at radius 1 is 0.794 bits per heavy atom. The summed E-state index contributed by atoms with van der Waals surface area (Å²) in [5.74, 6) is 2.35. The number of anilines is 2. The van der Waals surface area contributed by atoms with Gasteiger partial charge in [0.1, 0.15) is 5.75 Å². The summed E-state index contributed by atoms with van der Waals surface area (Å²) >= 11 is 6.03. The summed E-state index contributed by atoms with van der Waals surface area (Å²) in [7, 11) is 1.66. The molecule has 1 heterocycles. The van der Waals surface area contributed by atoms with Crippen LogP contribution in [0.1, 0.15) is 5.56 Å². The van der Waals surface area contributed by atoms with Crippen molar-refractivity contribution in [1.29, 1.82) is 0 Å². The molecule has 0 aliphatic rings. The number of nitrogens with one attached hydrogen (secondary N) is 2. The molecule has 182 valence electrons. The second-order valence-corrected chi connectivity index (χ2v) is 7.71. The van der Waals surface area contributed by atoms with Crippen LogP contribution in [-0.4, -0.2) is 68.1 Å². The molecule has 0 spiro atoms. The average Bonchev–Trinajstić information content (AvgIpc) is 2.86. The van der Waals surface area contributed by atoms with E-state index in [0.717, 1.165) is 17.7 Å². The van der Waals surface area contributed by atoms with E-state index in [9.17, 15) is 0 Å². The highest BCUT2D eigenvalue weighted by Gasteiger charge is 2.09. The van der Waals surface area contributed by atoms with Crippen LogP contribution in [0.3, 0.4) is 0 Å². The monoisotopic (exact) mass is 486 g/mol. The molecule has 10 heteroatoms. The van der Waals surface area contributed by atoms with Crippen LogP contribution in [-0.2, 0) is 15.9 Å². The van der Waals surface area contributed by atoms with Gasteiger partial charge in [-0.15, -0.1) is 0 Å². The van der Waals surface area contributed by atoms with Gasteiger partial charge in [-0.05, 0) is 48.4 Å². The van der Waals surface area contributed by atoms with Crippen molar-refractivity contribution in [2.24, 2.45) is 5.73 Å². The Labute approximate surface area is 205 Å². The first-order chi connectivity index (χ1) is 16.7. The molecule has 2 aromatic carbocycles. The van der Waals surface area contributed by atoms with Crippen LogP contribution in [0, 0.1) is 0 Å². The average molecular weight is 487 g/mol. The van der Waals surface area contributed by atoms with Gasteiger partial charge in [-0.25, -0.2) is 0 Å². The molecular formula is C24H31ClN6O3. The predicted octanol–water partition coefficient (Wildman–Crippen LogP) is 3.26. The van der Waals surface area contributed by atoms with Crippen molar-refractivity contribution in [3.8, 4) is 17.1 Å². The molecule has 3 rings (SSSR count). The van der Waals surface area contributed by atoms with E-state index in [1.54, 1.807) is 7.11 Å². The largest absolute Gasteiger partial charge is 0.497 e. The third-order valence-corrected chi connectivity index (χ3v) is 5.01. The van der Waals surface area contributed by atoms with E-state index in [1.165, 1.54) is 5.56 Å². The molecular weight excluding hydrogens is 456 g/mol. The number of nitrogens with zero attached hydrogens (tertiary/aromatic N) is 3. The fourth-order valence-corrected chi connectivity index (χ4v) is 3.14. The van der Waals surface area contributed by atoms with E-state index in [0.29, 0.717) is 68.8 Å². The third-order valence-electron chi connectivity index (χ3n) is 4.76.